The van der Waals surface area contributed by atoms with Crippen LogP contribution in [-0.4, -0.2) is 16.7 Å². The van der Waals surface area contributed by atoms with Crippen LogP contribution < -0.4 is 10.5 Å². The lowest BCUT2D eigenvalue weighted by Gasteiger charge is -2.23. The number of aromatic nitrogens is 1. The number of benzene rings is 1. The van der Waals surface area contributed by atoms with Crippen LogP contribution in [0.1, 0.15) is 23.7 Å². The van der Waals surface area contributed by atoms with Crippen LogP contribution in [-0.2, 0) is 6.18 Å². The highest BCUT2D eigenvalue weighted by Gasteiger charge is 2.32. The molecule has 7 heteroatoms. The minimum atomic E-state index is -4.44. The second-order valence-corrected chi connectivity index (χ2v) is 4.63. The number of anilines is 1. The number of ether oxygens (including phenoxy) is 1. The Kier molecular flexibility index (Phi) is 2.75. The zero-order valence-corrected chi connectivity index (χ0v) is 10.2. The summed E-state index contributed by atoms with van der Waals surface area (Å²) in [5.41, 5.74) is 5.80. The fraction of sp³-hybridized carbons (Fsp3) is 0.308. The van der Waals surface area contributed by atoms with Crippen LogP contribution >= 0.6 is 0 Å². The molecular weight excluding hydrogens is 273 g/mol. The summed E-state index contributed by atoms with van der Waals surface area (Å²) in [5, 5.41) is 10.3. The lowest BCUT2D eigenvalue weighted by molar-refractivity contribution is -0.137. The monoisotopic (exact) mass is 284 g/mol. The first-order chi connectivity index (χ1) is 9.38. The topological polar surface area (TPSA) is 68.4 Å². The number of nitrogens with zero attached hydrogens (tertiary/aromatic N) is 1. The molecular formula is C13H11F3N2O2. The van der Waals surface area contributed by atoms with E-state index in [0.717, 1.165) is 12.1 Å². The molecule has 4 nitrogen and oxygen atoms in total. The summed E-state index contributed by atoms with van der Waals surface area (Å²) in [6.07, 6.45) is -4.87. The molecule has 3 rings (SSSR count). The Balaban J connectivity index is 2.26. The van der Waals surface area contributed by atoms with Crippen LogP contribution in [0.25, 0.3) is 10.9 Å². The standard InChI is InChI=1S/C13H11F3N2O2/c14-13(15,16)6-1-2-7-8(5-6)18-12-10(11(7)17)9(19)3-4-20-12/h1-2,5,9,19H,3-4H2,(H2,17,18). The van der Waals surface area contributed by atoms with Gasteiger partial charge in [0.1, 0.15) is 0 Å². The summed E-state index contributed by atoms with van der Waals surface area (Å²) in [7, 11) is 0. The van der Waals surface area contributed by atoms with Gasteiger partial charge >= 0.3 is 6.18 Å². The molecule has 0 aliphatic carbocycles. The first-order valence-electron chi connectivity index (χ1n) is 5.99. The van der Waals surface area contributed by atoms with Gasteiger partial charge in [-0.1, -0.05) is 6.07 Å². The summed E-state index contributed by atoms with van der Waals surface area (Å²) >= 11 is 0. The van der Waals surface area contributed by atoms with Crippen LogP contribution in [0.15, 0.2) is 18.2 Å². The fourth-order valence-corrected chi connectivity index (χ4v) is 2.30. The van der Waals surface area contributed by atoms with E-state index < -0.39 is 17.8 Å². The highest BCUT2D eigenvalue weighted by atomic mass is 19.4. The molecule has 0 fully saturated rings. The molecule has 2 aromatic rings. The van der Waals surface area contributed by atoms with E-state index in [1.54, 1.807) is 0 Å². The average Bonchev–Trinajstić information content (AvgIpc) is 2.37. The molecule has 1 unspecified atom stereocenters. The molecule has 0 saturated heterocycles. The van der Waals surface area contributed by atoms with Gasteiger partial charge in [-0.25, -0.2) is 4.98 Å². The van der Waals surface area contributed by atoms with Gasteiger partial charge in [0.15, 0.2) is 0 Å². The maximum Gasteiger partial charge on any atom is 0.416 e. The zero-order chi connectivity index (χ0) is 14.5. The molecule has 1 atom stereocenters. The van der Waals surface area contributed by atoms with Crippen molar-refractivity contribution in [2.24, 2.45) is 0 Å². The van der Waals surface area contributed by atoms with Gasteiger partial charge in [0.25, 0.3) is 0 Å². The van der Waals surface area contributed by atoms with Crippen molar-refractivity contribution in [3.05, 3.63) is 29.3 Å². The van der Waals surface area contributed by atoms with Gasteiger partial charge in [-0.3, -0.25) is 0 Å². The number of hydrogen-bond donors (Lipinski definition) is 2. The normalized spacial score (nSPS) is 18.7. The van der Waals surface area contributed by atoms with Crippen molar-refractivity contribution < 1.29 is 23.0 Å². The van der Waals surface area contributed by atoms with Gasteiger partial charge in [0.2, 0.25) is 5.88 Å². The molecule has 106 valence electrons. The Labute approximate surface area is 112 Å². The predicted octanol–water partition coefficient (Wildman–Crippen LogP) is 2.65. The van der Waals surface area contributed by atoms with Crippen molar-refractivity contribution in [1.29, 1.82) is 0 Å². The van der Waals surface area contributed by atoms with Crippen molar-refractivity contribution in [2.75, 3.05) is 12.3 Å². The van der Waals surface area contributed by atoms with Crippen molar-refractivity contribution in [2.45, 2.75) is 18.7 Å². The Morgan fingerprint density at radius 1 is 1.35 bits per heavy atom. The van der Waals surface area contributed by atoms with Crippen molar-refractivity contribution >= 4 is 16.6 Å². The number of alkyl halides is 3. The van der Waals surface area contributed by atoms with Gasteiger partial charge < -0.3 is 15.6 Å². The van der Waals surface area contributed by atoms with Crippen LogP contribution in [0.3, 0.4) is 0 Å². The molecule has 0 radical (unpaired) electrons. The van der Waals surface area contributed by atoms with Gasteiger partial charge in [0, 0.05) is 11.8 Å². The minimum Gasteiger partial charge on any atom is -0.477 e. The van der Waals surface area contributed by atoms with Crippen LogP contribution in [0.4, 0.5) is 18.9 Å². The van der Waals surface area contributed by atoms with Crippen molar-refractivity contribution in [3.63, 3.8) is 0 Å². The smallest absolute Gasteiger partial charge is 0.416 e. The maximum absolute atomic E-state index is 12.7. The van der Waals surface area contributed by atoms with E-state index in [-0.39, 0.29) is 23.7 Å². The molecule has 20 heavy (non-hydrogen) atoms. The molecule has 1 aliphatic rings. The summed E-state index contributed by atoms with van der Waals surface area (Å²) in [6, 6.07) is 3.14. The lowest BCUT2D eigenvalue weighted by Crippen LogP contribution is -2.17. The average molecular weight is 284 g/mol. The summed E-state index contributed by atoms with van der Waals surface area (Å²) in [6.45, 7) is 0.255. The number of nitrogens with two attached hydrogens (primary N) is 1. The van der Waals surface area contributed by atoms with Crippen LogP contribution in [0.5, 0.6) is 5.88 Å². The molecule has 0 spiro atoms. The second-order valence-electron chi connectivity index (χ2n) is 4.63. The molecule has 0 bridgehead atoms. The molecule has 0 amide bonds. The lowest BCUT2D eigenvalue weighted by atomic mass is 10.00. The first kappa shape index (κ1) is 13.0. The highest BCUT2D eigenvalue weighted by Crippen LogP contribution is 2.40. The number of halogens is 3. The van der Waals surface area contributed by atoms with E-state index in [9.17, 15) is 18.3 Å². The van der Waals surface area contributed by atoms with Gasteiger partial charge in [-0.15, -0.1) is 0 Å². The second kappa shape index (κ2) is 4.24. The van der Waals surface area contributed by atoms with Gasteiger partial charge in [0.05, 0.1) is 35.0 Å². The fourth-order valence-electron chi connectivity index (χ4n) is 2.30. The van der Waals surface area contributed by atoms with Crippen molar-refractivity contribution in [1.82, 2.24) is 4.98 Å². The SMILES string of the molecule is Nc1c2c(nc3cc(C(F)(F)F)ccc13)OCCC2O. The van der Waals surface area contributed by atoms with E-state index in [0.29, 0.717) is 17.4 Å². The number of hydrogen-bond acceptors (Lipinski definition) is 4. The third kappa shape index (κ3) is 1.94. The molecule has 2 heterocycles. The summed E-state index contributed by atoms with van der Waals surface area (Å²) < 4.78 is 43.3. The molecule has 1 aromatic heterocycles. The maximum atomic E-state index is 12.7. The third-order valence-corrected chi connectivity index (χ3v) is 3.32. The molecule has 1 aromatic carbocycles. The number of aliphatic hydroxyl groups is 1. The minimum absolute atomic E-state index is 0.102. The first-order valence-corrected chi connectivity index (χ1v) is 5.99. The number of rotatable bonds is 0. The Morgan fingerprint density at radius 2 is 2.10 bits per heavy atom. The number of fused-ring (bicyclic) bond motifs is 2. The Morgan fingerprint density at radius 3 is 2.80 bits per heavy atom. The molecule has 1 aliphatic heterocycles. The van der Waals surface area contributed by atoms with E-state index >= 15 is 0 Å². The van der Waals surface area contributed by atoms with Gasteiger partial charge in [-0.2, -0.15) is 13.2 Å². The molecule has 0 saturated carbocycles. The number of nitrogen functional groups attached to an aromatic ring is 1. The van der Waals surface area contributed by atoms with E-state index in [4.69, 9.17) is 10.5 Å². The van der Waals surface area contributed by atoms with E-state index in [2.05, 4.69) is 4.98 Å². The zero-order valence-electron chi connectivity index (χ0n) is 10.2. The van der Waals surface area contributed by atoms with E-state index in [1.165, 1.54) is 6.07 Å². The summed E-state index contributed by atoms with van der Waals surface area (Å²) in [4.78, 5) is 4.04. The predicted molar refractivity (Wildman–Crippen MR) is 66.2 cm³/mol. The summed E-state index contributed by atoms with van der Waals surface area (Å²) in [5.74, 6) is 0.105. The Hall–Kier alpha value is -2.02. The van der Waals surface area contributed by atoms with E-state index in [1.807, 2.05) is 0 Å². The van der Waals surface area contributed by atoms with Crippen LogP contribution in [0, 0.1) is 0 Å². The quantitative estimate of drug-likeness (QED) is 0.780. The van der Waals surface area contributed by atoms with Crippen LogP contribution in [0.2, 0.25) is 0 Å². The molecule has 3 N–H and O–H groups in total. The number of pyridine rings is 1. The van der Waals surface area contributed by atoms with Crippen molar-refractivity contribution in [3.8, 4) is 5.88 Å². The largest absolute Gasteiger partial charge is 0.477 e. The third-order valence-electron chi connectivity index (χ3n) is 3.32. The van der Waals surface area contributed by atoms with Gasteiger partial charge in [-0.05, 0) is 12.1 Å². The number of aliphatic hydroxyl groups excluding tert-OH is 1. The Bertz CT molecular complexity index is 685. The highest BCUT2D eigenvalue weighted by molar-refractivity contribution is 5.93.